The van der Waals surface area contributed by atoms with E-state index in [0.29, 0.717) is 5.92 Å². The van der Waals surface area contributed by atoms with E-state index >= 15 is 0 Å². The third-order valence-electron chi connectivity index (χ3n) is 2.92. The molecule has 1 aliphatic carbocycles. The maximum absolute atomic E-state index is 9.25. The van der Waals surface area contributed by atoms with Crippen LogP contribution in [0.1, 0.15) is 36.8 Å². The van der Waals surface area contributed by atoms with E-state index in [2.05, 4.69) is 6.07 Å². The molecule has 0 aliphatic heterocycles. The van der Waals surface area contributed by atoms with Crippen molar-refractivity contribution in [2.45, 2.75) is 31.2 Å². The maximum Gasteiger partial charge on any atom is 0.0650 e. The first-order chi connectivity index (χ1) is 6.65. The Kier molecular flexibility index (Phi) is 2.33. The summed E-state index contributed by atoms with van der Waals surface area (Å²) in [7, 11) is 0. The van der Waals surface area contributed by atoms with Gasteiger partial charge in [-0.3, -0.25) is 0 Å². The number of aliphatic hydroxyl groups is 1. The van der Waals surface area contributed by atoms with E-state index in [1.54, 1.807) is 0 Å². The molecule has 1 atom stereocenters. The van der Waals surface area contributed by atoms with Gasteiger partial charge in [-0.05, 0) is 36.8 Å². The molecule has 3 N–H and O–H groups in total. The zero-order valence-corrected chi connectivity index (χ0v) is 8.53. The summed E-state index contributed by atoms with van der Waals surface area (Å²) < 4.78 is 0. The molecule has 0 radical (unpaired) electrons. The predicted octanol–water partition coefficient (Wildman–Crippen LogP) is 1.73. The molecule has 0 heterocycles. The van der Waals surface area contributed by atoms with Gasteiger partial charge in [-0.2, -0.15) is 0 Å². The molecule has 0 aromatic heterocycles. The van der Waals surface area contributed by atoms with Crippen LogP contribution in [-0.4, -0.2) is 11.7 Å². The summed E-state index contributed by atoms with van der Waals surface area (Å²) in [5.41, 5.74) is 7.88. The summed E-state index contributed by atoms with van der Waals surface area (Å²) in [6, 6.07) is 8.20. The van der Waals surface area contributed by atoms with E-state index in [1.165, 1.54) is 18.4 Å². The van der Waals surface area contributed by atoms with Crippen molar-refractivity contribution in [1.82, 2.24) is 0 Å². The molecular weight excluding hydrogens is 174 g/mol. The zero-order chi connectivity index (χ0) is 10.2. The van der Waals surface area contributed by atoms with Crippen molar-refractivity contribution in [3.05, 3.63) is 35.4 Å². The third-order valence-corrected chi connectivity index (χ3v) is 2.92. The first-order valence-corrected chi connectivity index (χ1v) is 5.14. The van der Waals surface area contributed by atoms with Gasteiger partial charge in [0.25, 0.3) is 0 Å². The Morgan fingerprint density at radius 3 is 2.64 bits per heavy atom. The quantitative estimate of drug-likeness (QED) is 0.764. The fraction of sp³-hybridized carbons (Fsp3) is 0.500. The lowest BCUT2D eigenvalue weighted by Crippen LogP contribution is -2.37. The van der Waals surface area contributed by atoms with E-state index in [1.807, 2.05) is 25.1 Å². The van der Waals surface area contributed by atoms with E-state index < -0.39 is 5.54 Å². The molecule has 1 aromatic rings. The molecule has 1 aliphatic rings. The highest BCUT2D eigenvalue weighted by molar-refractivity contribution is 5.37. The lowest BCUT2D eigenvalue weighted by Gasteiger charge is -2.25. The SMILES string of the molecule is CC(N)(CO)c1ccccc1C1CC1. The Bertz CT molecular complexity index is 329. The van der Waals surface area contributed by atoms with Gasteiger partial charge in [0.1, 0.15) is 0 Å². The molecule has 0 spiro atoms. The Hall–Kier alpha value is -0.860. The van der Waals surface area contributed by atoms with Gasteiger partial charge in [0.15, 0.2) is 0 Å². The standard InChI is InChI=1S/C12H17NO/c1-12(13,8-14)11-5-3-2-4-10(11)9-6-7-9/h2-5,9,14H,6-8,13H2,1H3. The number of hydrogen-bond donors (Lipinski definition) is 2. The third kappa shape index (κ3) is 1.68. The lowest BCUT2D eigenvalue weighted by molar-refractivity contribution is 0.209. The second-order valence-corrected chi connectivity index (χ2v) is 4.44. The van der Waals surface area contributed by atoms with Gasteiger partial charge in [-0.15, -0.1) is 0 Å². The second kappa shape index (κ2) is 3.37. The first kappa shape index (κ1) is 9.69. The highest BCUT2D eigenvalue weighted by Crippen LogP contribution is 2.43. The summed E-state index contributed by atoms with van der Waals surface area (Å²) in [5.74, 6) is 0.681. The Labute approximate surface area is 84.7 Å². The topological polar surface area (TPSA) is 46.2 Å². The van der Waals surface area contributed by atoms with Crippen LogP contribution < -0.4 is 5.73 Å². The van der Waals surface area contributed by atoms with Crippen molar-refractivity contribution in [3.8, 4) is 0 Å². The first-order valence-electron chi connectivity index (χ1n) is 5.14. The van der Waals surface area contributed by atoms with Crippen LogP contribution in [0.25, 0.3) is 0 Å². The highest BCUT2D eigenvalue weighted by Gasteiger charge is 2.31. The minimum absolute atomic E-state index is 0.00324. The minimum Gasteiger partial charge on any atom is -0.394 e. The Morgan fingerprint density at radius 2 is 2.07 bits per heavy atom. The lowest BCUT2D eigenvalue weighted by atomic mass is 9.88. The van der Waals surface area contributed by atoms with E-state index in [0.717, 1.165) is 5.56 Å². The van der Waals surface area contributed by atoms with Gasteiger partial charge in [-0.1, -0.05) is 24.3 Å². The van der Waals surface area contributed by atoms with Crippen molar-refractivity contribution in [3.63, 3.8) is 0 Å². The summed E-state index contributed by atoms with van der Waals surface area (Å²) in [6.45, 7) is 1.88. The maximum atomic E-state index is 9.25. The average molecular weight is 191 g/mol. The number of rotatable bonds is 3. The molecule has 1 aromatic carbocycles. The molecule has 2 rings (SSSR count). The molecule has 2 heteroatoms. The van der Waals surface area contributed by atoms with Crippen LogP contribution in [0, 0.1) is 0 Å². The fourth-order valence-corrected chi connectivity index (χ4v) is 1.85. The smallest absolute Gasteiger partial charge is 0.0650 e. The number of aliphatic hydroxyl groups excluding tert-OH is 1. The van der Waals surface area contributed by atoms with Gasteiger partial charge in [0.05, 0.1) is 12.1 Å². The molecule has 1 saturated carbocycles. The molecule has 76 valence electrons. The van der Waals surface area contributed by atoms with E-state index in [-0.39, 0.29) is 6.61 Å². The minimum atomic E-state index is -0.598. The molecule has 0 bridgehead atoms. The van der Waals surface area contributed by atoms with E-state index in [4.69, 9.17) is 5.73 Å². The number of hydrogen-bond acceptors (Lipinski definition) is 2. The van der Waals surface area contributed by atoms with Gasteiger partial charge in [-0.25, -0.2) is 0 Å². The van der Waals surface area contributed by atoms with Crippen molar-refractivity contribution < 1.29 is 5.11 Å². The van der Waals surface area contributed by atoms with Crippen LogP contribution in [0.2, 0.25) is 0 Å². The largest absolute Gasteiger partial charge is 0.394 e. The van der Waals surface area contributed by atoms with Gasteiger partial charge in [0.2, 0.25) is 0 Å². The van der Waals surface area contributed by atoms with Crippen molar-refractivity contribution in [2.75, 3.05) is 6.61 Å². The molecule has 1 unspecified atom stereocenters. The molecule has 2 nitrogen and oxygen atoms in total. The monoisotopic (exact) mass is 191 g/mol. The number of benzene rings is 1. The summed E-state index contributed by atoms with van der Waals surface area (Å²) >= 11 is 0. The van der Waals surface area contributed by atoms with Gasteiger partial charge in [0, 0.05) is 0 Å². The number of nitrogens with two attached hydrogens (primary N) is 1. The summed E-state index contributed by atoms with van der Waals surface area (Å²) in [4.78, 5) is 0. The van der Waals surface area contributed by atoms with E-state index in [9.17, 15) is 5.11 Å². The summed E-state index contributed by atoms with van der Waals surface area (Å²) in [6.07, 6.45) is 2.52. The summed E-state index contributed by atoms with van der Waals surface area (Å²) in [5, 5.41) is 9.25. The highest BCUT2D eigenvalue weighted by atomic mass is 16.3. The van der Waals surface area contributed by atoms with Crippen LogP contribution in [-0.2, 0) is 5.54 Å². The Morgan fingerprint density at radius 1 is 1.43 bits per heavy atom. The van der Waals surface area contributed by atoms with Crippen LogP contribution in [0.3, 0.4) is 0 Å². The van der Waals surface area contributed by atoms with Crippen LogP contribution in [0.5, 0.6) is 0 Å². The molecule has 14 heavy (non-hydrogen) atoms. The molecule has 1 fully saturated rings. The fourth-order valence-electron chi connectivity index (χ4n) is 1.85. The zero-order valence-electron chi connectivity index (χ0n) is 8.53. The predicted molar refractivity (Wildman–Crippen MR) is 57.0 cm³/mol. The molecule has 0 amide bonds. The van der Waals surface area contributed by atoms with Crippen LogP contribution >= 0.6 is 0 Å². The molecular formula is C12H17NO. The van der Waals surface area contributed by atoms with Gasteiger partial charge >= 0.3 is 0 Å². The van der Waals surface area contributed by atoms with Gasteiger partial charge < -0.3 is 10.8 Å². The van der Waals surface area contributed by atoms with Crippen molar-refractivity contribution in [1.29, 1.82) is 0 Å². The van der Waals surface area contributed by atoms with Crippen molar-refractivity contribution in [2.24, 2.45) is 5.73 Å². The van der Waals surface area contributed by atoms with Crippen LogP contribution in [0.15, 0.2) is 24.3 Å². The normalized spacial score (nSPS) is 20.5. The van der Waals surface area contributed by atoms with Crippen LogP contribution in [0.4, 0.5) is 0 Å². The Balaban J connectivity index is 2.40. The average Bonchev–Trinajstić information content (AvgIpc) is 3.01. The molecule has 0 saturated heterocycles. The van der Waals surface area contributed by atoms with Crippen molar-refractivity contribution >= 4 is 0 Å². The second-order valence-electron chi connectivity index (χ2n) is 4.44.